The van der Waals surface area contributed by atoms with Crippen LogP contribution in [0, 0.1) is 0 Å². The van der Waals surface area contributed by atoms with Gasteiger partial charge in [-0.15, -0.1) is 0 Å². The Balaban J connectivity index is 2.05. The largest absolute Gasteiger partial charge is 0.460 e. The monoisotopic (exact) mass is 264 g/mol. The fourth-order valence-electron chi connectivity index (χ4n) is 2.11. The van der Waals surface area contributed by atoms with Crippen LogP contribution in [0.1, 0.15) is 24.5 Å². The van der Waals surface area contributed by atoms with Crippen LogP contribution in [0.15, 0.2) is 12.3 Å². The van der Waals surface area contributed by atoms with Gasteiger partial charge in [-0.05, 0) is 19.5 Å². The quantitative estimate of drug-likeness (QED) is 0.750. The number of nitrogens with zero attached hydrogens (tertiary/aromatic N) is 4. The summed E-state index contributed by atoms with van der Waals surface area (Å²) in [7, 11) is 0. The Morgan fingerprint density at radius 3 is 2.68 bits per heavy atom. The Labute approximate surface area is 113 Å². The van der Waals surface area contributed by atoms with Crippen LogP contribution in [0.2, 0.25) is 0 Å². The number of ether oxygens (including phenoxy) is 1. The van der Waals surface area contributed by atoms with Gasteiger partial charge < -0.3 is 14.5 Å². The highest BCUT2D eigenvalue weighted by atomic mass is 16.5. The van der Waals surface area contributed by atoms with Crippen LogP contribution >= 0.6 is 0 Å². The number of anilines is 1. The number of piperazine rings is 1. The first-order valence-corrected chi connectivity index (χ1v) is 6.72. The van der Waals surface area contributed by atoms with Crippen molar-refractivity contribution in [1.29, 1.82) is 0 Å². The number of carbonyl (C=O) groups is 1. The summed E-state index contributed by atoms with van der Waals surface area (Å²) in [6.07, 6.45) is 1.61. The first-order chi connectivity index (χ1) is 9.24. The van der Waals surface area contributed by atoms with Crippen molar-refractivity contribution >= 4 is 11.8 Å². The summed E-state index contributed by atoms with van der Waals surface area (Å²) in [5.41, 5.74) is 0. The zero-order valence-corrected chi connectivity index (χ0v) is 11.5. The van der Waals surface area contributed by atoms with Gasteiger partial charge in [0.1, 0.15) is 5.82 Å². The molecule has 0 N–H and O–H groups in total. The summed E-state index contributed by atoms with van der Waals surface area (Å²) in [5, 5.41) is 0. The third kappa shape index (κ3) is 3.41. The molecule has 19 heavy (non-hydrogen) atoms. The topological polar surface area (TPSA) is 58.6 Å². The van der Waals surface area contributed by atoms with Gasteiger partial charge >= 0.3 is 5.97 Å². The van der Waals surface area contributed by atoms with E-state index in [0.717, 1.165) is 38.5 Å². The second-order valence-corrected chi connectivity index (χ2v) is 4.38. The summed E-state index contributed by atoms with van der Waals surface area (Å²) in [6, 6.07) is 1.84. The number of aromatic nitrogens is 2. The Hall–Kier alpha value is -1.69. The average molecular weight is 264 g/mol. The Morgan fingerprint density at radius 1 is 1.32 bits per heavy atom. The molecule has 6 heteroatoms. The molecule has 1 fully saturated rings. The Morgan fingerprint density at radius 2 is 2.05 bits per heavy atom. The summed E-state index contributed by atoms with van der Waals surface area (Å²) < 4.78 is 4.91. The van der Waals surface area contributed by atoms with Crippen molar-refractivity contribution in [3.05, 3.63) is 18.1 Å². The van der Waals surface area contributed by atoms with E-state index in [9.17, 15) is 4.79 Å². The van der Waals surface area contributed by atoms with Crippen LogP contribution in [0.4, 0.5) is 5.82 Å². The van der Waals surface area contributed by atoms with Crippen molar-refractivity contribution < 1.29 is 9.53 Å². The van der Waals surface area contributed by atoms with Crippen LogP contribution in [0.3, 0.4) is 0 Å². The molecule has 0 aliphatic carbocycles. The van der Waals surface area contributed by atoms with Gasteiger partial charge in [0, 0.05) is 32.4 Å². The maximum atomic E-state index is 11.6. The molecule has 0 unspecified atom stereocenters. The molecule has 1 aliphatic rings. The molecule has 6 nitrogen and oxygen atoms in total. The third-order valence-corrected chi connectivity index (χ3v) is 3.24. The van der Waals surface area contributed by atoms with Gasteiger partial charge in [-0.2, -0.15) is 0 Å². The molecule has 1 aliphatic heterocycles. The number of likely N-dealkylation sites (N-methyl/N-ethyl adjacent to an activating group) is 1. The average Bonchev–Trinajstić information content (AvgIpc) is 2.48. The molecule has 0 amide bonds. The molecule has 0 saturated carbocycles. The van der Waals surface area contributed by atoms with Crippen LogP contribution < -0.4 is 4.90 Å². The van der Waals surface area contributed by atoms with Crippen molar-refractivity contribution in [2.75, 3.05) is 44.2 Å². The van der Waals surface area contributed by atoms with E-state index in [1.165, 1.54) is 0 Å². The minimum Gasteiger partial charge on any atom is -0.460 e. The lowest BCUT2D eigenvalue weighted by molar-refractivity contribution is 0.0512. The Kier molecular flexibility index (Phi) is 4.68. The lowest BCUT2D eigenvalue weighted by Crippen LogP contribution is -2.46. The van der Waals surface area contributed by atoms with E-state index in [1.54, 1.807) is 13.1 Å². The van der Waals surface area contributed by atoms with Crippen molar-refractivity contribution in [3.8, 4) is 0 Å². The van der Waals surface area contributed by atoms with Crippen LogP contribution in [-0.2, 0) is 4.74 Å². The highest BCUT2D eigenvalue weighted by molar-refractivity contribution is 5.85. The van der Waals surface area contributed by atoms with E-state index in [2.05, 4.69) is 26.7 Å². The first-order valence-electron chi connectivity index (χ1n) is 6.72. The summed E-state index contributed by atoms with van der Waals surface area (Å²) >= 11 is 0. The number of rotatable bonds is 4. The van der Waals surface area contributed by atoms with Crippen molar-refractivity contribution in [2.24, 2.45) is 0 Å². The van der Waals surface area contributed by atoms with E-state index in [0.29, 0.717) is 6.61 Å². The minimum absolute atomic E-state index is 0.136. The van der Waals surface area contributed by atoms with Crippen LogP contribution in [0.25, 0.3) is 0 Å². The second-order valence-electron chi connectivity index (χ2n) is 4.38. The number of hydrogen-bond donors (Lipinski definition) is 0. The van der Waals surface area contributed by atoms with Crippen molar-refractivity contribution in [2.45, 2.75) is 13.8 Å². The molecule has 1 aromatic rings. The van der Waals surface area contributed by atoms with Gasteiger partial charge in [-0.1, -0.05) is 6.92 Å². The zero-order chi connectivity index (χ0) is 13.7. The molecule has 1 aromatic heterocycles. The Bertz CT molecular complexity index is 430. The highest BCUT2D eigenvalue weighted by Gasteiger charge is 2.18. The molecule has 1 saturated heterocycles. The third-order valence-electron chi connectivity index (χ3n) is 3.24. The summed E-state index contributed by atoms with van der Waals surface area (Å²) in [6.45, 7) is 9.24. The maximum absolute atomic E-state index is 11.6. The van der Waals surface area contributed by atoms with E-state index >= 15 is 0 Å². The van der Waals surface area contributed by atoms with Gasteiger partial charge in [0.05, 0.1) is 6.61 Å². The summed E-state index contributed by atoms with van der Waals surface area (Å²) in [5.74, 6) is 0.475. The van der Waals surface area contributed by atoms with E-state index < -0.39 is 5.97 Å². The second kappa shape index (κ2) is 6.47. The predicted molar refractivity (Wildman–Crippen MR) is 72.3 cm³/mol. The maximum Gasteiger partial charge on any atom is 0.376 e. The smallest absolute Gasteiger partial charge is 0.376 e. The molecule has 0 bridgehead atoms. The van der Waals surface area contributed by atoms with Crippen molar-refractivity contribution in [3.63, 3.8) is 0 Å². The molecule has 2 heterocycles. The molecule has 0 radical (unpaired) electrons. The van der Waals surface area contributed by atoms with E-state index in [-0.39, 0.29) is 5.82 Å². The zero-order valence-electron chi connectivity index (χ0n) is 11.5. The minimum atomic E-state index is -0.462. The van der Waals surface area contributed by atoms with Crippen LogP contribution in [0.5, 0.6) is 0 Å². The standard InChI is InChI=1S/C13H20N4O2/c1-3-16-7-9-17(10-8-16)11-5-6-14-12(15-11)13(18)19-4-2/h5-6H,3-4,7-10H2,1-2H3. The SMILES string of the molecule is CCOC(=O)c1nccc(N2CCN(CC)CC2)n1. The molecular weight excluding hydrogens is 244 g/mol. The predicted octanol–water partition coefficient (Wildman–Crippen LogP) is 0.795. The first kappa shape index (κ1) is 13.7. The lowest BCUT2D eigenvalue weighted by atomic mass is 10.3. The summed E-state index contributed by atoms with van der Waals surface area (Å²) in [4.78, 5) is 24.4. The van der Waals surface area contributed by atoms with Crippen molar-refractivity contribution in [1.82, 2.24) is 14.9 Å². The molecule has 2 rings (SSSR count). The van der Waals surface area contributed by atoms with Crippen LogP contribution in [-0.4, -0.2) is 60.2 Å². The fourth-order valence-corrected chi connectivity index (χ4v) is 2.11. The number of esters is 1. The van der Waals surface area contributed by atoms with Gasteiger partial charge in [0.2, 0.25) is 5.82 Å². The van der Waals surface area contributed by atoms with E-state index in [4.69, 9.17) is 4.74 Å². The highest BCUT2D eigenvalue weighted by Crippen LogP contribution is 2.13. The van der Waals surface area contributed by atoms with E-state index in [1.807, 2.05) is 6.07 Å². The number of carbonyl (C=O) groups excluding carboxylic acids is 1. The fraction of sp³-hybridized carbons (Fsp3) is 0.615. The molecule has 0 spiro atoms. The van der Waals surface area contributed by atoms with Gasteiger partial charge in [-0.25, -0.2) is 14.8 Å². The molecule has 104 valence electrons. The molecule has 0 aromatic carbocycles. The normalized spacial score (nSPS) is 16.4. The van der Waals surface area contributed by atoms with Gasteiger partial charge in [0.15, 0.2) is 0 Å². The number of hydrogen-bond acceptors (Lipinski definition) is 6. The molecule has 0 atom stereocenters. The van der Waals surface area contributed by atoms with Gasteiger partial charge in [-0.3, -0.25) is 0 Å². The van der Waals surface area contributed by atoms with Gasteiger partial charge in [0.25, 0.3) is 0 Å². The molecular formula is C13H20N4O2. The lowest BCUT2D eigenvalue weighted by Gasteiger charge is -2.34.